The van der Waals surface area contributed by atoms with Crippen LogP contribution in [0.2, 0.25) is 0 Å². The lowest BCUT2D eigenvalue weighted by Crippen LogP contribution is -2.18. The molecule has 0 nitrogen and oxygen atoms in total. The molecule has 0 aromatic heterocycles. The van der Waals surface area contributed by atoms with Crippen molar-refractivity contribution >= 4 is 0 Å². The normalized spacial score (nSPS) is 12.6. The van der Waals surface area contributed by atoms with Crippen LogP contribution in [0.5, 0.6) is 0 Å². The third-order valence-corrected chi connectivity index (χ3v) is 11.8. The molecule has 0 heteroatoms. The minimum absolute atomic E-state index is 0.0812. The molecule has 0 aliphatic carbocycles. The molecule has 0 aliphatic heterocycles. The molecule has 0 saturated heterocycles. The molecule has 6 aromatic rings. The van der Waals surface area contributed by atoms with Crippen LogP contribution in [0.15, 0.2) is 109 Å². The first-order chi connectivity index (χ1) is 26.0. The van der Waals surface area contributed by atoms with E-state index < -0.39 is 0 Å². The van der Waals surface area contributed by atoms with Crippen LogP contribution in [0.4, 0.5) is 0 Å². The lowest BCUT2D eigenvalue weighted by Gasteiger charge is -2.35. The van der Waals surface area contributed by atoms with Crippen molar-refractivity contribution in [1.29, 1.82) is 0 Å². The average Bonchev–Trinajstić information content (AvgIpc) is 3.09. The van der Waals surface area contributed by atoms with E-state index in [0.717, 1.165) is 0 Å². The smallest absolute Gasteiger partial charge is 0.000847 e. The third-order valence-electron chi connectivity index (χ3n) is 11.8. The van der Waals surface area contributed by atoms with Gasteiger partial charge in [-0.3, -0.25) is 0 Å². The molecule has 6 aromatic carbocycles. The summed E-state index contributed by atoms with van der Waals surface area (Å²) < 4.78 is 0. The summed E-state index contributed by atoms with van der Waals surface area (Å²) in [6.07, 6.45) is 0. The maximum absolute atomic E-state index is 2.62. The van der Waals surface area contributed by atoms with E-state index in [-0.39, 0.29) is 21.7 Å². The monoisotopic (exact) mass is 739 g/mol. The van der Waals surface area contributed by atoms with Gasteiger partial charge in [0, 0.05) is 0 Å². The van der Waals surface area contributed by atoms with Gasteiger partial charge in [-0.15, -0.1) is 0 Å². The third kappa shape index (κ3) is 7.57. The van der Waals surface area contributed by atoms with E-state index in [0.29, 0.717) is 0 Å². The molecule has 0 radical (unpaired) electrons. The molecule has 0 fully saturated rings. The van der Waals surface area contributed by atoms with E-state index in [1.54, 1.807) is 0 Å². The van der Waals surface area contributed by atoms with Crippen LogP contribution in [-0.2, 0) is 21.7 Å². The van der Waals surface area contributed by atoms with Crippen molar-refractivity contribution in [1.82, 2.24) is 0 Å². The van der Waals surface area contributed by atoms with Crippen molar-refractivity contribution in [3.63, 3.8) is 0 Å². The number of hydrogen-bond acceptors (Lipinski definition) is 0. The summed E-state index contributed by atoms with van der Waals surface area (Å²) in [4.78, 5) is 0. The molecular formula is C56H66. The van der Waals surface area contributed by atoms with Gasteiger partial charge in [-0.1, -0.05) is 186 Å². The van der Waals surface area contributed by atoms with Crippen LogP contribution in [0.1, 0.15) is 128 Å². The first kappa shape index (κ1) is 41.0. The van der Waals surface area contributed by atoms with Gasteiger partial charge in [0.1, 0.15) is 0 Å². The van der Waals surface area contributed by atoms with Crippen LogP contribution in [0.3, 0.4) is 0 Å². The second-order valence-corrected chi connectivity index (χ2v) is 20.5. The molecule has 0 saturated carbocycles. The van der Waals surface area contributed by atoms with E-state index in [9.17, 15) is 0 Å². The van der Waals surface area contributed by atoms with Crippen molar-refractivity contribution in [2.45, 2.75) is 132 Å². The van der Waals surface area contributed by atoms with Crippen molar-refractivity contribution in [3.05, 3.63) is 154 Å². The summed E-state index contributed by atoms with van der Waals surface area (Å²) >= 11 is 0. The Balaban J connectivity index is 2.11. The van der Waals surface area contributed by atoms with Gasteiger partial charge in [-0.05, 0) is 156 Å². The van der Waals surface area contributed by atoms with Crippen molar-refractivity contribution in [2.24, 2.45) is 0 Å². The Morgan fingerprint density at radius 3 is 0.929 bits per heavy atom. The van der Waals surface area contributed by atoms with Gasteiger partial charge < -0.3 is 0 Å². The Bertz CT molecular complexity index is 2400. The summed E-state index contributed by atoms with van der Waals surface area (Å²) in [6.45, 7) is 37.8. The zero-order chi connectivity index (χ0) is 41.1. The molecule has 56 heavy (non-hydrogen) atoms. The standard InChI is InChI=1S/C56H66/c1-35-24-20-30-42(53(5,6)7)46(35)40-34-41(47-36(2)25-21-31-43(47)54(8,9)10)51(48-37(3)26-22-32-44(48)55(11,12)13)52(50(40)39-28-18-17-19-29-39)49-38(4)27-23-33-45(49)56(14,15)16/h17-34H,1-16H3. The molecule has 0 aliphatic rings. The predicted molar refractivity (Wildman–Crippen MR) is 247 cm³/mol. The second-order valence-electron chi connectivity index (χ2n) is 20.5. The summed E-state index contributed by atoms with van der Waals surface area (Å²) in [7, 11) is 0. The van der Waals surface area contributed by atoms with Gasteiger partial charge in [-0.25, -0.2) is 0 Å². The van der Waals surface area contributed by atoms with E-state index in [4.69, 9.17) is 0 Å². The molecule has 290 valence electrons. The molecule has 0 amide bonds. The van der Waals surface area contributed by atoms with Crippen LogP contribution in [0.25, 0.3) is 55.6 Å². The van der Waals surface area contributed by atoms with Crippen molar-refractivity contribution < 1.29 is 0 Å². The first-order valence-corrected chi connectivity index (χ1v) is 20.7. The highest BCUT2D eigenvalue weighted by Crippen LogP contribution is 2.57. The van der Waals surface area contributed by atoms with Gasteiger partial charge in [0.25, 0.3) is 0 Å². The Morgan fingerprint density at radius 1 is 0.268 bits per heavy atom. The topological polar surface area (TPSA) is 0 Å². The van der Waals surface area contributed by atoms with E-state index in [1.165, 1.54) is 100 Å². The highest BCUT2D eigenvalue weighted by Gasteiger charge is 2.34. The zero-order valence-corrected chi connectivity index (χ0v) is 37.4. The Morgan fingerprint density at radius 2 is 0.571 bits per heavy atom. The average molecular weight is 739 g/mol. The zero-order valence-electron chi connectivity index (χ0n) is 37.4. The quantitative estimate of drug-likeness (QED) is 0.165. The molecule has 0 bridgehead atoms. The molecular weight excluding hydrogens is 673 g/mol. The molecule has 0 atom stereocenters. The van der Waals surface area contributed by atoms with Crippen LogP contribution >= 0.6 is 0 Å². The fourth-order valence-electron chi connectivity index (χ4n) is 9.04. The minimum atomic E-state index is -0.111. The Labute approximate surface area is 340 Å². The van der Waals surface area contributed by atoms with Gasteiger partial charge >= 0.3 is 0 Å². The summed E-state index contributed by atoms with van der Waals surface area (Å²) in [5.41, 5.74) is 23.5. The van der Waals surface area contributed by atoms with E-state index in [2.05, 4.69) is 220 Å². The lowest BCUT2D eigenvalue weighted by molar-refractivity contribution is 0.590. The SMILES string of the molecule is Cc1cccc(C(C)(C)C)c1-c1cc(-c2c(C)cccc2C(C)(C)C)c(-c2c(C)cccc2C(C)(C)C)c(-c2c(C)cccc2C(C)(C)C)c1-c1ccccc1. The van der Waals surface area contributed by atoms with Crippen LogP contribution < -0.4 is 0 Å². The van der Waals surface area contributed by atoms with Crippen LogP contribution in [0, 0.1) is 27.7 Å². The lowest BCUT2D eigenvalue weighted by atomic mass is 9.69. The van der Waals surface area contributed by atoms with Gasteiger partial charge in [0.05, 0.1) is 0 Å². The number of aryl methyl sites for hydroxylation is 4. The summed E-state index contributed by atoms with van der Waals surface area (Å²) in [6, 6.07) is 41.7. The van der Waals surface area contributed by atoms with Crippen molar-refractivity contribution in [2.75, 3.05) is 0 Å². The number of rotatable bonds is 5. The molecule has 0 spiro atoms. The van der Waals surface area contributed by atoms with Crippen LogP contribution in [-0.4, -0.2) is 0 Å². The van der Waals surface area contributed by atoms with Gasteiger partial charge in [-0.2, -0.15) is 0 Å². The fourth-order valence-corrected chi connectivity index (χ4v) is 9.04. The largest absolute Gasteiger partial charge is 0.0622 e. The maximum atomic E-state index is 2.62. The minimum Gasteiger partial charge on any atom is -0.0622 e. The molecule has 0 N–H and O–H groups in total. The molecule has 6 rings (SSSR count). The Hall–Kier alpha value is -4.68. The molecule has 0 unspecified atom stereocenters. The predicted octanol–water partition coefficient (Wildman–Crippen LogP) is 16.4. The second kappa shape index (κ2) is 14.7. The fraction of sp³-hybridized carbons (Fsp3) is 0.357. The Kier molecular flexibility index (Phi) is 10.7. The molecule has 0 heterocycles. The maximum Gasteiger partial charge on any atom is -0.000847 e. The summed E-state index contributed by atoms with van der Waals surface area (Å²) in [5, 5.41) is 0. The van der Waals surface area contributed by atoms with Gasteiger partial charge in [0.15, 0.2) is 0 Å². The number of hydrogen-bond donors (Lipinski definition) is 0. The van der Waals surface area contributed by atoms with Gasteiger partial charge in [0.2, 0.25) is 0 Å². The first-order valence-electron chi connectivity index (χ1n) is 20.7. The van der Waals surface area contributed by atoms with Crippen molar-refractivity contribution in [3.8, 4) is 55.6 Å². The summed E-state index contributed by atoms with van der Waals surface area (Å²) in [5.74, 6) is 0. The number of benzene rings is 6. The van der Waals surface area contributed by atoms with E-state index >= 15 is 0 Å². The highest BCUT2D eigenvalue weighted by molar-refractivity contribution is 6.10. The van der Waals surface area contributed by atoms with E-state index in [1.807, 2.05) is 0 Å². The highest BCUT2D eigenvalue weighted by atomic mass is 14.4.